The molecule has 0 spiro atoms. The first kappa shape index (κ1) is 11.1. The summed E-state index contributed by atoms with van der Waals surface area (Å²) in [7, 11) is 0. The van der Waals surface area contributed by atoms with Gasteiger partial charge < -0.3 is 10.6 Å². The Morgan fingerprint density at radius 1 is 1.57 bits per heavy atom. The van der Waals surface area contributed by atoms with Gasteiger partial charge in [-0.25, -0.2) is 0 Å². The number of piperidine rings is 1. The van der Waals surface area contributed by atoms with Crippen molar-refractivity contribution in [1.29, 1.82) is 0 Å². The third-order valence-electron chi connectivity index (χ3n) is 2.62. The van der Waals surface area contributed by atoms with E-state index >= 15 is 0 Å². The number of carbonyl (C=O) groups excluding carboxylic acids is 1. The Morgan fingerprint density at radius 3 is 3.00 bits per heavy atom. The van der Waals surface area contributed by atoms with Gasteiger partial charge in [0.15, 0.2) is 0 Å². The van der Waals surface area contributed by atoms with E-state index in [0.29, 0.717) is 12.6 Å². The first-order valence-corrected chi connectivity index (χ1v) is 5.23. The molecular weight excluding hydrogens is 176 g/mol. The predicted molar refractivity (Wildman–Crippen MR) is 56.5 cm³/mol. The van der Waals surface area contributed by atoms with E-state index in [4.69, 9.17) is 5.73 Å². The summed E-state index contributed by atoms with van der Waals surface area (Å²) in [5, 5.41) is 0. The second-order valence-electron chi connectivity index (χ2n) is 3.60. The van der Waals surface area contributed by atoms with Gasteiger partial charge in [0.2, 0.25) is 0 Å². The van der Waals surface area contributed by atoms with Gasteiger partial charge in [0.1, 0.15) is 0 Å². The number of likely N-dealkylation sites (tertiary alicyclic amines) is 1. The largest absolute Gasteiger partial charge is 0.330 e. The van der Waals surface area contributed by atoms with Crippen molar-refractivity contribution in [3.05, 3.63) is 0 Å². The van der Waals surface area contributed by atoms with Crippen LogP contribution >= 0.6 is 0 Å². The van der Waals surface area contributed by atoms with E-state index in [-0.39, 0.29) is 5.91 Å². The molecule has 1 saturated heterocycles. The molecule has 1 fully saturated rings. The maximum atomic E-state index is 11.6. The summed E-state index contributed by atoms with van der Waals surface area (Å²) < 4.78 is 0. The molecule has 0 saturated carbocycles. The van der Waals surface area contributed by atoms with Gasteiger partial charge in [0.05, 0.1) is 0 Å². The maximum absolute atomic E-state index is 11.6. The molecule has 1 rings (SSSR count). The van der Waals surface area contributed by atoms with Crippen LogP contribution in [0.2, 0.25) is 0 Å². The van der Waals surface area contributed by atoms with Crippen LogP contribution in [0.5, 0.6) is 0 Å². The summed E-state index contributed by atoms with van der Waals surface area (Å²) in [5.41, 5.74) is 5.52. The Balaban J connectivity index is 2.60. The molecule has 1 aliphatic heterocycles. The monoisotopic (exact) mass is 194 g/mol. The van der Waals surface area contributed by atoms with Gasteiger partial charge in [-0.1, -0.05) is 5.92 Å². The van der Waals surface area contributed by atoms with Crippen LogP contribution in [0.15, 0.2) is 0 Å². The van der Waals surface area contributed by atoms with Crippen molar-refractivity contribution < 1.29 is 4.79 Å². The van der Waals surface area contributed by atoms with Crippen molar-refractivity contribution in [2.75, 3.05) is 13.1 Å². The molecule has 2 N–H and O–H groups in total. The first-order valence-electron chi connectivity index (χ1n) is 5.23. The Labute approximate surface area is 85.6 Å². The minimum absolute atomic E-state index is 0.0364. The molecular formula is C11H18N2O. The zero-order chi connectivity index (χ0) is 10.4. The Morgan fingerprint density at radius 2 is 2.36 bits per heavy atom. The lowest BCUT2D eigenvalue weighted by Gasteiger charge is -2.34. The number of hydrogen-bond donors (Lipinski definition) is 1. The van der Waals surface area contributed by atoms with E-state index in [2.05, 4.69) is 11.8 Å². The molecule has 0 aromatic heterocycles. The SMILES string of the molecule is CC#CC(=O)N1CCCCC1CCN. The second kappa shape index (κ2) is 5.66. The quantitative estimate of drug-likeness (QED) is 0.659. The average molecular weight is 194 g/mol. The van der Waals surface area contributed by atoms with Crippen LogP contribution in [0, 0.1) is 11.8 Å². The highest BCUT2D eigenvalue weighted by Gasteiger charge is 2.24. The minimum Gasteiger partial charge on any atom is -0.330 e. The first-order chi connectivity index (χ1) is 6.79. The molecule has 0 radical (unpaired) electrons. The van der Waals surface area contributed by atoms with Gasteiger partial charge in [0, 0.05) is 12.6 Å². The van der Waals surface area contributed by atoms with Gasteiger partial charge in [0.25, 0.3) is 5.91 Å². The fourth-order valence-electron chi connectivity index (χ4n) is 1.94. The van der Waals surface area contributed by atoms with Crippen molar-refractivity contribution in [1.82, 2.24) is 4.90 Å². The molecule has 78 valence electrons. The fraction of sp³-hybridized carbons (Fsp3) is 0.727. The minimum atomic E-state index is -0.0364. The highest BCUT2D eigenvalue weighted by Crippen LogP contribution is 2.18. The molecule has 1 heterocycles. The highest BCUT2D eigenvalue weighted by atomic mass is 16.2. The van der Waals surface area contributed by atoms with Crippen LogP contribution in [-0.2, 0) is 4.79 Å². The Bertz CT molecular complexity index is 250. The summed E-state index contributed by atoms with van der Waals surface area (Å²) in [6, 6.07) is 0.321. The number of nitrogens with two attached hydrogens (primary N) is 1. The molecule has 3 nitrogen and oxygen atoms in total. The number of rotatable bonds is 2. The summed E-state index contributed by atoms with van der Waals surface area (Å²) in [6.45, 7) is 3.19. The number of carbonyl (C=O) groups is 1. The summed E-state index contributed by atoms with van der Waals surface area (Å²) in [5.74, 6) is 5.22. The van der Waals surface area contributed by atoms with Crippen molar-refractivity contribution in [3.8, 4) is 11.8 Å². The zero-order valence-corrected chi connectivity index (χ0v) is 8.75. The lowest BCUT2D eigenvalue weighted by atomic mass is 9.99. The van der Waals surface area contributed by atoms with Gasteiger partial charge in [-0.15, -0.1) is 0 Å². The normalized spacial score (nSPS) is 21.3. The van der Waals surface area contributed by atoms with Crippen LogP contribution in [0.1, 0.15) is 32.6 Å². The molecule has 1 unspecified atom stereocenters. The van der Waals surface area contributed by atoms with Crippen LogP contribution < -0.4 is 5.73 Å². The fourth-order valence-corrected chi connectivity index (χ4v) is 1.94. The molecule has 0 aromatic carbocycles. The van der Waals surface area contributed by atoms with Crippen LogP contribution in [0.4, 0.5) is 0 Å². The number of nitrogens with zero attached hydrogens (tertiary/aromatic N) is 1. The lowest BCUT2D eigenvalue weighted by molar-refractivity contribution is -0.128. The van der Waals surface area contributed by atoms with E-state index in [0.717, 1.165) is 25.8 Å². The van der Waals surface area contributed by atoms with Crippen LogP contribution in [-0.4, -0.2) is 29.9 Å². The van der Waals surface area contributed by atoms with E-state index in [1.165, 1.54) is 6.42 Å². The van der Waals surface area contributed by atoms with Crippen LogP contribution in [0.3, 0.4) is 0 Å². The van der Waals surface area contributed by atoms with Crippen molar-refractivity contribution in [3.63, 3.8) is 0 Å². The average Bonchev–Trinajstić information content (AvgIpc) is 2.19. The Hall–Kier alpha value is -1.01. The Kier molecular flexibility index (Phi) is 4.48. The standard InChI is InChI=1S/C11H18N2O/c1-2-5-11(14)13-9-4-3-6-10(13)7-8-12/h10H,3-4,6-9,12H2,1H3. The molecule has 0 aromatic rings. The van der Waals surface area contributed by atoms with Crippen molar-refractivity contribution in [2.24, 2.45) is 5.73 Å². The van der Waals surface area contributed by atoms with E-state index in [1.807, 2.05) is 4.90 Å². The smallest absolute Gasteiger partial charge is 0.298 e. The lowest BCUT2D eigenvalue weighted by Crippen LogP contribution is -2.44. The molecule has 1 atom stereocenters. The molecule has 0 bridgehead atoms. The second-order valence-corrected chi connectivity index (χ2v) is 3.60. The van der Waals surface area contributed by atoms with Crippen molar-refractivity contribution >= 4 is 5.91 Å². The molecule has 1 aliphatic rings. The molecule has 3 heteroatoms. The van der Waals surface area contributed by atoms with Gasteiger partial charge in [-0.05, 0) is 45.1 Å². The third kappa shape index (κ3) is 2.74. The number of amides is 1. The topological polar surface area (TPSA) is 46.3 Å². The predicted octanol–water partition coefficient (Wildman–Crippen LogP) is 0.740. The van der Waals surface area contributed by atoms with Gasteiger partial charge in [-0.3, -0.25) is 4.79 Å². The maximum Gasteiger partial charge on any atom is 0.298 e. The number of hydrogen-bond acceptors (Lipinski definition) is 2. The van der Waals surface area contributed by atoms with Gasteiger partial charge >= 0.3 is 0 Å². The third-order valence-corrected chi connectivity index (χ3v) is 2.62. The summed E-state index contributed by atoms with van der Waals surface area (Å²) >= 11 is 0. The molecule has 14 heavy (non-hydrogen) atoms. The van der Waals surface area contributed by atoms with E-state index < -0.39 is 0 Å². The summed E-state index contributed by atoms with van der Waals surface area (Å²) in [4.78, 5) is 13.5. The highest BCUT2D eigenvalue weighted by molar-refractivity contribution is 5.93. The van der Waals surface area contributed by atoms with Crippen molar-refractivity contribution in [2.45, 2.75) is 38.6 Å². The van der Waals surface area contributed by atoms with E-state index in [1.54, 1.807) is 6.92 Å². The van der Waals surface area contributed by atoms with Crippen LogP contribution in [0.25, 0.3) is 0 Å². The van der Waals surface area contributed by atoms with E-state index in [9.17, 15) is 4.79 Å². The van der Waals surface area contributed by atoms with Gasteiger partial charge in [-0.2, -0.15) is 0 Å². The summed E-state index contributed by atoms with van der Waals surface area (Å²) in [6.07, 6.45) is 4.28. The molecule has 1 amide bonds. The molecule has 0 aliphatic carbocycles. The zero-order valence-electron chi connectivity index (χ0n) is 8.75.